The van der Waals surface area contributed by atoms with Crippen LogP contribution in [0, 0.1) is 17.0 Å². The fourth-order valence-corrected chi connectivity index (χ4v) is 1.65. The van der Waals surface area contributed by atoms with Gasteiger partial charge in [-0.1, -0.05) is 0 Å². The molecule has 0 aliphatic rings. The number of anilines is 1. The zero-order valence-corrected chi connectivity index (χ0v) is 10.9. The van der Waals surface area contributed by atoms with Gasteiger partial charge in [-0.2, -0.15) is 0 Å². The van der Waals surface area contributed by atoms with E-state index in [0.717, 1.165) is 0 Å². The second-order valence-electron chi connectivity index (χ2n) is 4.36. The van der Waals surface area contributed by atoms with Crippen LogP contribution >= 0.6 is 0 Å². The monoisotopic (exact) mass is 251 g/mol. The van der Waals surface area contributed by atoms with Gasteiger partial charge in [0.1, 0.15) is 6.04 Å². The summed E-state index contributed by atoms with van der Waals surface area (Å²) < 4.78 is 0. The van der Waals surface area contributed by atoms with E-state index in [-0.39, 0.29) is 17.6 Å². The van der Waals surface area contributed by atoms with Gasteiger partial charge in [0.2, 0.25) is 5.91 Å². The fraction of sp³-hybridized carbons (Fsp3) is 0.417. The predicted molar refractivity (Wildman–Crippen MR) is 69.6 cm³/mol. The van der Waals surface area contributed by atoms with Gasteiger partial charge in [0.25, 0.3) is 5.69 Å². The molecule has 0 fully saturated rings. The van der Waals surface area contributed by atoms with Crippen LogP contribution in [0.2, 0.25) is 0 Å². The standard InChI is InChI=1S/C12H17N3O3/c1-8-7-10(5-6-11(8)15(17)18)13-9(2)12(16)14(3)4/h5-7,9,13H,1-4H3/t9-/m0/s1. The number of likely N-dealkylation sites (N-methyl/N-ethyl adjacent to an activating group) is 1. The van der Waals surface area contributed by atoms with Crippen LogP contribution in [0.15, 0.2) is 18.2 Å². The maximum Gasteiger partial charge on any atom is 0.272 e. The highest BCUT2D eigenvalue weighted by molar-refractivity contribution is 5.83. The van der Waals surface area contributed by atoms with E-state index in [2.05, 4.69) is 5.32 Å². The zero-order valence-electron chi connectivity index (χ0n) is 10.9. The second-order valence-corrected chi connectivity index (χ2v) is 4.36. The third-order valence-corrected chi connectivity index (χ3v) is 2.59. The molecule has 1 atom stereocenters. The van der Waals surface area contributed by atoms with Gasteiger partial charge >= 0.3 is 0 Å². The van der Waals surface area contributed by atoms with Crippen LogP contribution in [0.1, 0.15) is 12.5 Å². The number of benzene rings is 1. The molecule has 0 aliphatic carbocycles. The lowest BCUT2D eigenvalue weighted by Crippen LogP contribution is -2.36. The highest BCUT2D eigenvalue weighted by atomic mass is 16.6. The van der Waals surface area contributed by atoms with Crippen molar-refractivity contribution in [3.05, 3.63) is 33.9 Å². The van der Waals surface area contributed by atoms with E-state index in [9.17, 15) is 14.9 Å². The van der Waals surface area contributed by atoms with Gasteiger partial charge in [0.05, 0.1) is 4.92 Å². The molecule has 18 heavy (non-hydrogen) atoms. The van der Waals surface area contributed by atoms with Crippen molar-refractivity contribution in [3.8, 4) is 0 Å². The van der Waals surface area contributed by atoms with Crippen LogP contribution in [-0.4, -0.2) is 35.9 Å². The van der Waals surface area contributed by atoms with Crippen LogP contribution in [0.4, 0.5) is 11.4 Å². The Kier molecular flexibility index (Phi) is 4.25. The van der Waals surface area contributed by atoms with Gasteiger partial charge in [-0.25, -0.2) is 0 Å². The minimum Gasteiger partial charge on any atom is -0.374 e. The molecule has 6 nitrogen and oxygen atoms in total. The first kappa shape index (κ1) is 14.0. The number of nitrogens with zero attached hydrogens (tertiary/aromatic N) is 2. The molecule has 98 valence electrons. The van der Waals surface area contributed by atoms with Crippen molar-refractivity contribution in [1.82, 2.24) is 4.90 Å². The molecule has 0 radical (unpaired) electrons. The number of nitro groups is 1. The number of aryl methyl sites for hydroxylation is 1. The molecule has 0 unspecified atom stereocenters. The molecular weight excluding hydrogens is 234 g/mol. The van der Waals surface area contributed by atoms with Crippen molar-refractivity contribution in [3.63, 3.8) is 0 Å². The number of hydrogen-bond donors (Lipinski definition) is 1. The van der Waals surface area contributed by atoms with Crippen molar-refractivity contribution in [1.29, 1.82) is 0 Å². The van der Waals surface area contributed by atoms with Gasteiger partial charge in [0.15, 0.2) is 0 Å². The Morgan fingerprint density at radius 1 is 1.44 bits per heavy atom. The lowest BCUT2D eigenvalue weighted by molar-refractivity contribution is -0.385. The largest absolute Gasteiger partial charge is 0.374 e. The molecule has 0 saturated carbocycles. The Morgan fingerprint density at radius 2 is 2.06 bits per heavy atom. The Bertz CT molecular complexity index is 472. The molecule has 0 aromatic heterocycles. The number of hydrogen-bond acceptors (Lipinski definition) is 4. The van der Waals surface area contributed by atoms with Gasteiger partial charge < -0.3 is 10.2 Å². The Balaban J connectivity index is 2.84. The van der Waals surface area contributed by atoms with E-state index in [1.807, 2.05) is 0 Å². The first-order chi connectivity index (χ1) is 8.32. The molecular formula is C12H17N3O3. The van der Waals surface area contributed by atoms with Gasteiger partial charge in [-0.05, 0) is 26.0 Å². The number of nitrogens with one attached hydrogen (secondary N) is 1. The summed E-state index contributed by atoms with van der Waals surface area (Å²) >= 11 is 0. The maximum absolute atomic E-state index is 11.7. The van der Waals surface area contributed by atoms with E-state index in [4.69, 9.17) is 0 Å². The summed E-state index contributed by atoms with van der Waals surface area (Å²) in [5.74, 6) is -0.0500. The number of carbonyl (C=O) groups is 1. The fourth-order valence-electron chi connectivity index (χ4n) is 1.65. The van der Waals surface area contributed by atoms with Gasteiger partial charge in [0, 0.05) is 31.4 Å². The Morgan fingerprint density at radius 3 is 2.50 bits per heavy atom. The van der Waals surface area contributed by atoms with Crippen LogP contribution in [0.5, 0.6) is 0 Å². The summed E-state index contributed by atoms with van der Waals surface area (Å²) in [4.78, 5) is 23.4. The lowest BCUT2D eigenvalue weighted by atomic mass is 10.1. The Labute approximate surface area is 106 Å². The normalized spacial score (nSPS) is 11.8. The zero-order chi connectivity index (χ0) is 13.9. The molecule has 1 amide bonds. The summed E-state index contributed by atoms with van der Waals surface area (Å²) in [6.45, 7) is 3.42. The van der Waals surface area contributed by atoms with Crippen molar-refractivity contribution in [2.45, 2.75) is 19.9 Å². The quantitative estimate of drug-likeness (QED) is 0.654. The first-order valence-corrected chi connectivity index (χ1v) is 5.55. The molecule has 0 heterocycles. The molecule has 0 aliphatic heterocycles. The van der Waals surface area contributed by atoms with E-state index >= 15 is 0 Å². The number of rotatable bonds is 4. The average Bonchev–Trinajstić information content (AvgIpc) is 2.27. The third-order valence-electron chi connectivity index (χ3n) is 2.59. The van der Waals surface area contributed by atoms with Crippen LogP contribution < -0.4 is 5.32 Å². The van der Waals surface area contributed by atoms with Crippen molar-refractivity contribution >= 4 is 17.3 Å². The topological polar surface area (TPSA) is 75.5 Å². The number of carbonyl (C=O) groups excluding carboxylic acids is 1. The number of amides is 1. The van der Waals surface area contributed by atoms with Crippen molar-refractivity contribution in [2.24, 2.45) is 0 Å². The summed E-state index contributed by atoms with van der Waals surface area (Å²) in [5, 5.41) is 13.7. The maximum atomic E-state index is 11.7. The van der Waals surface area contributed by atoms with Crippen LogP contribution in [0.25, 0.3) is 0 Å². The molecule has 0 saturated heterocycles. The molecule has 6 heteroatoms. The second kappa shape index (κ2) is 5.48. The minimum absolute atomic E-state index is 0.0500. The first-order valence-electron chi connectivity index (χ1n) is 5.55. The molecule has 1 aromatic carbocycles. The van der Waals surface area contributed by atoms with Gasteiger partial charge in [-0.15, -0.1) is 0 Å². The Hall–Kier alpha value is -2.11. The lowest BCUT2D eigenvalue weighted by Gasteiger charge is -2.19. The summed E-state index contributed by atoms with van der Waals surface area (Å²) in [6.07, 6.45) is 0. The highest BCUT2D eigenvalue weighted by Gasteiger charge is 2.16. The average molecular weight is 251 g/mol. The van der Waals surface area contributed by atoms with Crippen LogP contribution in [-0.2, 0) is 4.79 Å². The van der Waals surface area contributed by atoms with Gasteiger partial charge in [-0.3, -0.25) is 14.9 Å². The summed E-state index contributed by atoms with van der Waals surface area (Å²) in [6, 6.07) is 4.33. The SMILES string of the molecule is Cc1cc(N[C@@H](C)C(=O)N(C)C)ccc1[N+](=O)[O-]. The molecule has 1 N–H and O–H groups in total. The number of nitro benzene ring substituents is 1. The van der Waals surface area contributed by atoms with Crippen molar-refractivity contribution in [2.75, 3.05) is 19.4 Å². The third kappa shape index (κ3) is 3.19. The van der Waals surface area contributed by atoms with Crippen molar-refractivity contribution < 1.29 is 9.72 Å². The molecule has 0 bridgehead atoms. The van der Waals surface area contributed by atoms with E-state index in [1.54, 1.807) is 40.1 Å². The molecule has 1 rings (SSSR count). The van der Waals surface area contributed by atoms with E-state index < -0.39 is 4.92 Å². The summed E-state index contributed by atoms with van der Waals surface area (Å²) in [5.41, 5.74) is 1.34. The molecule has 0 spiro atoms. The predicted octanol–water partition coefficient (Wildman–Crippen LogP) is 1.79. The van der Waals surface area contributed by atoms with Crippen LogP contribution in [0.3, 0.4) is 0 Å². The van der Waals surface area contributed by atoms with E-state index in [1.165, 1.54) is 11.0 Å². The smallest absolute Gasteiger partial charge is 0.272 e. The summed E-state index contributed by atoms with van der Waals surface area (Å²) in [7, 11) is 3.36. The molecule has 1 aromatic rings. The highest BCUT2D eigenvalue weighted by Crippen LogP contribution is 2.22. The van der Waals surface area contributed by atoms with E-state index in [0.29, 0.717) is 11.3 Å². The minimum atomic E-state index is -0.423.